The molecule has 0 saturated heterocycles. The Labute approximate surface area is 190 Å². The molecule has 1 unspecified atom stereocenters. The van der Waals surface area contributed by atoms with E-state index in [-0.39, 0.29) is 11.8 Å². The number of benzene rings is 2. The number of hydrogen-bond acceptors (Lipinski definition) is 3. The zero-order valence-electron chi connectivity index (χ0n) is 18.7. The van der Waals surface area contributed by atoms with Gasteiger partial charge in [-0.3, -0.25) is 9.59 Å². The average molecular weight is 445 g/mol. The van der Waals surface area contributed by atoms with E-state index < -0.39 is 6.04 Å². The van der Waals surface area contributed by atoms with Gasteiger partial charge >= 0.3 is 0 Å². The van der Waals surface area contributed by atoms with Gasteiger partial charge in [0.1, 0.15) is 11.8 Å². The van der Waals surface area contributed by atoms with Crippen LogP contribution in [-0.2, 0) is 16.1 Å². The Kier molecular flexibility index (Phi) is 10.4. The van der Waals surface area contributed by atoms with Gasteiger partial charge in [0.15, 0.2) is 0 Å². The number of hydrogen-bond donors (Lipinski definition) is 1. The minimum Gasteiger partial charge on any atom is -0.494 e. The van der Waals surface area contributed by atoms with E-state index in [9.17, 15) is 9.59 Å². The molecule has 168 valence electrons. The van der Waals surface area contributed by atoms with Gasteiger partial charge in [0.25, 0.3) is 0 Å². The van der Waals surface area contributed by atoms with Gasteiger partial charge in [-0.1, -0.05) is 60.8 Å². The lowest BCUT2D eigenvalue weighted by Crippen LogP contribution is -2.47. The number of amides is 2. The zero-order chi connectivity index (χ0) is 22.6. The summed E-state index contributed by atoms with van der Waals surface area (Å²) in [4.78, 5) is 27.3. The molecular formula is C25H33ClN2O3. The molecule has 0 aliphatic rings. The molecule has 1 N–H and O–H groups in total. The Morgan fingerprint density at radius 3 is 2.48 bits per heavy atom. The van der Waals surface area contributed by atoms with E-state index in [4.69, 9.17) is 16.3 Å². The molecule has 5 nitrogen and oxygen atoms in total. The summed E-state index contributed by atoms with van der Waals surface area (Å²) in [5.74, 6) is 0.546. The fraction of sp³-hybridized carbons (Fsp3) is 0.440. The van der Waals surface area contributed by atoms with Crippen molar-refractivity contribution in [2.75, 3.05) is 13.2 Å². The van der Waals surface area contributed by atoms with Crippen molar-refractivity contribution in [3.05, 3.63) is 64.7 Å². The summed E-state index contributed by atoms with van der Waals surface area (Å²) < 4.78 is 5.73. The van der Waals surface area contributed by atoms with Crippen LogP contribution >= 0.6 is 11.6 Å². The first kappa shape index (κ1) is 24.7. The van der Waals surface area contributed by atoms with E-state index in [1.165, 1.54) is 5.56 Å². The minimum atomic E-state index is -0.585. The lowest BCUT2D eigenvalue weighted by molar-refractivity contribution is -0.140. The van der Waals surface area contributed by atoms with Crippen LogP contribution in [0.2, 0.25) is 5.02 Å². The molecule has 0 heterocycles. The van der Waals surface area contributed by atoms with Crippen molar-refractivity contribution in [2.45, 2.75) is 59.0 Å². The van der Waals surface area contributed by atoms with Crippen LogP contribution in [-0.4, -0.2) is 35.9 Å². The number of carbonyl (C=O) groups is 2. The number of rotatable bonds is 12. The quantitative estimate of drug-likeness (QED) is 0.461. The van der Waals surface area contributed by atoms with Crippen LogP contribution in [0, 0.1) is 6.92 Å². The number of nitrogens with zero attached hydrogens (tertiary/aromatic N) is 1. The van der Waals surface area contributed by atoms with Crippen molar-refractivity contribution in [1.29, 1.82) is 0 Å². The van der Waals surface area contributed by atoms with Crippen LogP contribution in [0.5, 0.6) is 5.75 Å². The molecule has 2 amide bonds. The maximum atomic E-state index is 13.0. The van der Waals surface area contributed by atoms with E-state index in [0.717, 1.165) is 24.2 Å². The SMILES string of the molecule is CCCCNC(=O)C(C)N(Cc1ccccc1Cl)C(=O)CCCOc1ccc(C)cc1. The van der Waals surface area contributed by atoms with E-state index in [2.05, 4.69) is 12.2 Å². The Hall–Kier alpha value is -2.53. The average Bonchev–Trinajstić information content (AvgIpc) is 2.77. The third-order valence-electron chi connectivity index (χ3n) is 5.12. The van der Waals surface area contributed by atoms with Crippen LogP contribution in [0.1, 0.15) is 50.7 Å². The molecule has 2 rings (SSSR count). The molecule has 0 radical (unpaired) electrons. The molecule has 31 heavy (non-hydrogen) atoms. The fourth-order valence-electron chi connectivity index (χ4n) is 3.12. The molecule has 0 aliphatic heterocycles. The monoisotopic (exact) mass is 444 g/mol. The van der Waals surface area contributed by atoms with Crippen LogP contribution in [0.3, 0.4) is 0 Å². The normalized spacial score (nSPS) is 11.6. The summed E-state index contributed by atoms with van der Waals surface area (Å²) >= 11 is 6.31. The number of unbranched alkanes of at least 4 members (excludes halogenated alkanes) is 1. The highest BCUT2D eigenvalue weighted by atomic mass is 35.5. The first-order valence-corrected chi connectivity index (χ1v) is 11.3. The lowest BCUT2D eigenvalue weighted by Gasteiger charge is -2.29. The number of carbonyl (C=O) groups excluding carboxylic acids is 2. The second-order valence-corrected chi connectivity index (χ2v) is 8.11. The maximum absolute atomic E-state index is 13.0. The summed E-state index contributed by atoms with van der Waals surface area (Å²) in [5, 5.41) is 3.51. The van der Waals surface area contributed by atoms with E-state index in [0.29, 0.717) is 37.6 Å². The second kappa shape index (κ2) is 13.0. The second-order valence-electron chi connectivity index (χ2n) is 7.70. The predicted octanol–water partition coefficient (Wildman–Crippen LogP) is 5.14. The molecule has 0 saturated carbocycles. The molecule has 0 aliphatic carbocycles. The van der Waals surface area contributed by atoms with Crippen molar-refractivity contribution in [3.63, 3.8) is 0 Å². The minimum absolute atomic E-state index is 0.0921. The number of halogens is 1. The molecule has 1 atom stereocenters. The molecule has 6 heteroatoms. The van der Waals surface area contributed by atoms with Crippen molar-refractivity contribution in [3.8, 4) is 5.75 Å². The van der Waals surface area contributed by atoms with Crippen LogP contribution in [0.25, 0.3) is 0 Å². The largest absolute Gasteiger partial charge is 0.494 e. The van der Waals surface area contributed by atoms with Crippen molar-refractivity contribution in [1.82, 2.24) is 10.2 Å². The van der Waals surface area contributed by atoms with E-state index in [1.807, 2.05) is 49.4 Å². The Bertz CT molecular complexity index is 839. The fourth-order valence-corrected chi connectivity index (χ4v) is 3.32. The first-order valence-electron chi connectivity index (χ1n) is 10.9. The maximum Gasteiger partial charge on any atom is 0.242 e. The summed E-state index contributed by atoms with van der Waals surface area (Å²) in [6.45, 7) is 7.19. The first-order chi connectivity index (χ1) is 14.9. The third kappa shape index (κ3) is 8.25. The van der Waals surface area contributed by atoms with Crippen molar-refractivity contribution >= 4 is 23.4 Å². The zero-order valence-corrected chi connectivity index (χ0v) is 19.5. The van der Waals surface area contributed by atoms with E-state index >= 15 is 0 Å². The molecule has 0 spiro atoms. The summed E-state index contributed by atoms with van der Waals surface area (Å²) in [7, 11) is 0. The highest BCUT2D eigenvalue weighted by Crippen LogP contribution is 2.20. The molecule has 0 bridgehead atoms. The van der Waals surface area contributed by atoms with Crippen LogP contribution in [0.15, 0.2) is 48.5 Å². The number of ether oxygens (including phenoxy) is 1. The van der Waals surface area contributed by atoms with Crippen LogP contribution in [0.4, 0.5) is 0 Å². The van der Waals surface area contributed by atoms with E-state index in [1.54, 1.807) is 17.9 Å². The van der Waals surface area contributed by atoms with Gasteiger partial charge in [0.2, 0.25) is 11.8 Å². The molecular weight excluding hydrogens is 412 g/mol. The molecule has 2 aromatic carbocycles. The smallest absolute Gasteiger partial charge is 0.242 e. The topological polar surface area (TPSA) is 58.6 Å². The summed E-state index contributed by atoms with van der Waals surface area (Å²) in [6.07, 6.45) is 2.77. The molecule has 0 aromatic heterocycles. The Morgan fingerprint density at radius 2 is 1.81 bits per heavy atom. The van der Waals surface area contributed by atoms with Gasteiger partial charge in [-0.25, -0.2) is 0 Å². The van der Waals surface area contributed by atoms with Gasteiger partial charge in [-0.15, -0.1) is 0 Å². The number of aryl methyl sites for hydroxylation is 1. The summed E-state index contributed by atoms with van der Waals surface area (Å²) in [5.41, 5.74) is 1.99. The molecule has 0 fully saturated rings. The van der Waals surface area contributed by atoms with Crippen molar-refractivity contribution in [2.24, 2.45) is 0 Å². The van der Waals surface area contributed by atoms with Crippen molar-refractivity contribution < 1.29 is 14.3 Å². The Morgan fingerprint density at radius 1 is 1.10 bits per heavy atom. The predicted molar refractivity (Wildman–Crippen MR) is 125 cm³/mol. The van der Waals surface area contributed by atoms with Gasteiger partial charge in [0, 0.05) is 24.5 Å². The highest BCUT2D eigenvalue weighted by molar-refractivity contribution is 6.31. The highest BCUT2D eigenvalue weighted by Gasteiger charge is 2.26. The standard InChI is InChI=1S/C25H33ClN2O3/c1-4-5-16-27-25(30)20(3)28(18-21-9-6-7-10-23(21)26)24(29)11-8-17-31-22-14-12-19(2)13-15-22/h6-7,9-10,12-15,20H,4-5,8,11,16-18H2,1-3H3,(H,27,30). The number of nitrogens with one attached hydrogen (secondary N) is 1. The Balaban J connectivity index is 1.98. The van der Waals surface area contributed by atoms with Gasteiger partial charge in [-0.05, 0) is 50.5 Å². The van der Waals surface area contributed by atoms with Gasteiger partial charge in [-0.2, -0.15) is 0 Å². The van der Waals surface area contributed by atoms with Gasteiger partial charge in [0.05, 0.1) is 6.61 Å². The van der Waals surface area contributed by atoms with Gasteiger partial charge < -0.3 is 15.0 Å². The molecule has 2 aromatic rings. The lowest BCUT2D eigenvalue weighted by atomic mass is 10.1. The summed E-state index contributed by atoms with van der Waals surface area (Å²) in [6, 6.07) is 14.6. The van der Waals surface area contributed by atoms with Crippen LogP contribution < -0.4 is 10.1 Å². The third-order valence-corrected chi connectivity index (χ3v) is 5.49.